The number of aliphatic hydroxyl groups is 1. The maximum absolute atomic E-state index is 9.60. The number of likely N-dealkylation sites (tertiary alicyclic amines) is 1. The second kappa shape index (κ2) is 6.97. The predicted molar refractivity (Wildman–Crippen MR) is 89.5 cm³/mol. The van der Waals surface area contributed by atoms with Crippen LogP contribution in [0.3, 0.4) is 0 Å². The molecule has 0 aromatic carbocycles. The molecule has 124 valence electrons. The van der Waals surface area contributed by atoms with Crippen LogP contribution in [-0.4, -0.2) is 47.8 Å². The van der Waals surface area contributed by atoms with Gasteiger partial charge in [0, 0.05) is 24.7 Å². The molecule has 1 heterocycles. The van der Waals surface area contributed by atoms with Gasteiger partial charge >= 0.3 is 0 Å². The highest BCUT2D eigenvalue weighted by Gasteiger charge is 2.39. The molecule has 1 aliphatic heterocycles. The summed E-state index contributed by atoms with van der Waals surface area (Å²) in [5, 5.41) is 13.4. The van der Waals surface area contributed by atoms with Crippen LogP contribution in [0.1, 0.15) is 66.2 Å². The molecular weight excluding hydrogens is 260 g/mol. The van der Waals surface area contributed by atoms with Gasteiger partial charge in [-0.3, -0.25) is 4.90 Å². The third kappa shape index (κ3) is 4.94. The lowest BCUT2D eigenvalue weighted by Gasteiger charge is -2.45. The Bertz CT molecular complexity index is 326. The fraction of sp³-hybridized carbons (Fsp3) is 1.00. The van der Waals surface area contributed by atoms with Crippen LogP contribution in [0.15, 0.2) is 0 Å². The fourth-order valence-corrected chi connectivity index (χ4v) is 4.32. The predicted octanol–water partition coefficient (Wildman–Crippen LogP) is 3.03. The molecule has 2 rings (SSSR count). The zero-order chi connectivity index (χ0) is 15.5. The maximum Gasteiger partial charge on any atom is 0.0586 e. The third-order valence-corrected chi connectivity index (χ3v) is 5.43. The molecule has 1 aliphatic carbocycles. The van der Waals surface area contributed by atoms with Crippen molar-refractivity contribution in [2.24, 2.45) is 11.3 Å². The first-order valence-electron chi connectivity index (χ1n) is 8.93. The molecule has 0 bridgehead atoms. The summed E-state index contributed by atoms with van der Waals surface area (Å²) in [6, 6.07) is 0.411. The van der Waals surface area contributed by atoms with Crippen LogP contribution in [0.5, 0.6) is 0 Å². The van der Waals surface area contributed by atoms with Crippen LogP contribution in [-0.2, 0) is 0 Å². The van der Waals surface area contributed by atoms with Crippen LogP contribution in [0.2, 0.25) is 0 Å². The minimum Gasteiger partial charge on any atom is -0.395 e. The van der Waals surface area contributed by atoms with E-state index in [4.69, 9.17) is 0 Å². The smallest absolute Gasteiger partial charge is 0.0586 e. The number of hydrogen-bond acceptors (Lipinski definition) is 3. The number of rotatable bonds is 5. The van der Waals surface area contributed by atoms with Gasteiger partial charge in [-0.2, -0.15) is 0 Å². The van der Waals surface area contributed by atoms with Crippen molar-refractivity contribution in [3.8, 4) is 0 Å². The van der Waals surface area contributed by atoms with Gasteiger partial charge < -0.3 is 10.4 Å². The number of aliphatic hydroxyl groups excluding tert-OH is 1. The summed E-state index contributed by atoms with van der Waals surface area (Å²) in [5.74, 6) is 0.843. The van der Waals surface area contributed by atoms with Crippen molar-refractivity contribution in [1.29, 1.82) is 0 Å². The fourth-order valence-electron chi connectivity index (χ4n) is 4.32. The second-order valence-corrected chi connectivity index (χ2v) is 8.75. The number of hydrogen-bond donors (Lipinski definition) is 2. The largest absolute Gasteiger partial charge is 0.395 e. The molecule has 2 aliphatic rings. The summed E-state index contributed by atoms with van der Waals surface area (Å²) in [4.78, 5) is 2.57. The first kappa shape index (κ1) is 17.2. The van der Waals surface area contributed by atoms with E-state index in [1.807, 2.05) is 0 Å². The normalized spacial score (nSPS) is 35.3. The SMILES string of the molecule is CC1CCCC(CNC(C)(C)C)(CN2CCCC2CO)C1. The Morgan fingerprint density at radius 3 is 2.62 bits per heavy atom. The van der Waals surface area contributed by atoms with Crippen molar-refractivity contribution < 1.29 is 5.11 Å². The molecule has 3 nitrogen and oxygen atoms in total. The molecule has 3 heteroatoms. The molecule has 0 aromatic heterocycles. The van der Waals surface area contributed by atoms with Gasteiger partial charge in [0.2, 0.25) is 0 Å². The van der Waals surface area contributed by atoms with E-state index >= 15 is 0 Å². The summed E-state index contributed by atoms with van der Waals surface area (Å²) < 4.78 is 0. The first-order chi connectivity index (χ1) is 9.84. The Morgan fingerprint density at radius 1 is 1.24 bits per heavy atom. The third-order valence-electron chi connectivity index (χ3n) is 5.43. The van der Waals surface area contributed by atoms with Gasteiger partial charge in [-0.05, 0) is 64.3 Å². The van der Waals surface area contributed by atoms with Gasteiger partial charge in [-0.1, -0.05) is 19.8 Å². The van der Waals surface area contributed by atoms with Crippen LogP contribution < -0.4 is 5.32 Å². The first-order valence-corrected chi connectivity index (χ1v) is 8.93. The molecule has 0 aromatic rings. The molecule has 0 radical (unpaired) electrons. The molecule has 2 N–H and O–H groups in total. The van der Waals surface area contributed by atoms with E-state index in [1.54, 1.807) is 0 Å². The summed E-state index contributed by atoms with van der Waals surface area (Å²) in [6.07, 6.45) is 7.86. The topological polar surface area (TPSA) is 35.5 Å². The molecular formula is C18H36N2O. The summed E-state index contributed by atoms with van der Waals surface area (Å²) in [6.45, 7) is 13.0. The Hall–Kier alpha value is -0.120. The van der Waals surface area contributed by atoms with E-state index in [1.165, 1.54) is 51.6 Å². The average molecular weight is 296 g/mol. The molecule has 1 saturated heterocycles. The van der Waals surface area contributed by atoms with Crippen molar-refractivity contribution in [2.75, 3.05) is 26.2 Å². The van der Waals surface area contributed by atoms with Crippen LogP contribution in [0.4, 0.5) is 0 Å². The van der Waals surface area contributed by atoms with Crippen molar-refractivity contribution >= 4 is 0 Å². The van der Waals surface area contributed by atoms with Gasteiger partial charge in [-0.25, -0.2) is 0 Å². The van der Waals surface area contributed by atoms with E-state index < -0.39 is 0 Å². The molecule has 1 saturated carbocycles. The Morgan fingerprint density at radius 2 is 2.00 bits per heavy atom. The Balaban J connectivity index is 2.04. The maximum atomic E-state index is 9.60. The molecule has 3 unspecified atom stereocenters. The van der Waals surface area contributed by atoms with Gasteiger partial charge in [-0.15, -0.1) is 0 Å². The van der Waals surface area contributed by atoms with Gasteiger partial charge in [0.25, 0.3) is 0 Å². The van der Waals surface area contributed by atoms with Gasteiger partial charge in [0.05, 0.1) is 6.61 Å². The molecule has 21 heavy (non-hydrogen) atoms. The summed E-state index contributed by atoms with van der Waals surface area (Å²) in [7, 11) is 0. The van der Waals surface area contributed by atoms with E-state index in [-0.39, 0.29) is 5.54 Å². The lowest BCUT2D eigenvalue weighted by molar-refractivity contribution is 0.0539. The summed E-state index contributed by atoms with van der Waals surface area (Å²) >= 11 is 0. The Kier molecular flexibility index (Phi) is 5.72. The van der Waals surface area contributed by atoms with Crippen LogP contribution in [0, 0.1) is 11.3 Å². The number of nitrogens with zero attached hydrogens (tertiary/aromatic N) is 1. The lowest BCUT2D eigenvalue weighted by Crippen LogP contribution is -2.51. The molecule has 0 amide bonds. The van der Waals surface area contributed by atoms with Crippen molar-refractivity contribution in [3.05, 3.63) is 0 Å². The van der Waals surface area contributed by atoms with E-state index in [0.29, 0.717) is 18.1 Å². The zero-order valence-electron chi connectivity index (χ0n) is 14.6. The highest BCUT2D eigenvalue weighted by atomic mass is 16.3. The second-order valence-electron chi connectivity index (χ2n) is 8.75. The standard InChI is InChI=1S/C18H36N2O/c1-15-7-5-9-18(11-15,13-19-17(2,3)4)14-20-10-6-8-16(20)12-21/h15-16,19,21H,5-14H2,1-4H3. The minimum atomic E-state index is 0.190. The average Bonchev–Trinajstić information content (AvgIpc) is 2.83. The molecule has 0 spiro atoms. The van der Waals surface area contributed by atoms with Crippen molar-refractivity contribution in [2.45, 2.75) is 77.8 Å². The highest BCUT2D eigenvalue weighted by Crippen LogP contribution is 2.41. The summed E-state index contributed by atoms with van der Waals surface area (Å²) in [5.41, 5.74) is 0.595. The number of nitrogens with one attached hydrogen (secondary N) is 1. The van der Waals surface area contributed by atoms with Crippen LogP contribution in [0.25, 0.3) is 0 Å². The Labute approximate surface area is 131 Å². The van der Waals surface area contributed by atoms with Gasteiger partial charge in [0.1, 0.15) is 0 Å². The van der Waals surface area contributed by atoms with Gasteiger partial charge in [0.15, 0.2) is 0 Å². The zero-order valence-corrected chi connectivity index (χ0v) is 14.6. The van der Waals surface area contributed by atoms with E-state index in [9.17, 15) is 5.11 Å². The van der Waals surface area contributed by atoms with Crippen molar-refractivity contribution in [1.82, 2.24) is 10.2 Å². The monoisotopic (exact) mass is 296 g/mol. The van der Waals surface area contributed by atoms with Crippen LogP contribution >= 0.6 is 0 Å². The molecule has 3 atom stereocenters. The van der Waals surface area contributed by atoms with Crippen molar-refractivity contribution in [3.63, 3.8) is 0 Å². The molecule has 2 fully saturated rings. The lowest BCUT2D eigenvalue weighted by atomic mass is 9.69. The minimum absolute atomic E-state index is 0.190. The van der Waals surface area contributed by atoms with E-state index in [0.717, 1.165) is 12.5 Å². The highest BCUT2D eigenvalue weighted by molar-refractivity contribution is 4.94. The van der Waals surface area contributed by atoms with E-state index in [2.05, 4.69) is 37.9 Å². The quantitative estimate of drug-likeness (QED) is 0.818.